The van der Waals surface area contributed by atoms with Crippen LogP contribution in [0.3, 0.4) is 0 Å². The van der Waals surface area contributed by atoms with Gasteiger partial charge in [-0.2, -0.15) is 0 Å². The van der Waals surface area contributed by atoms with Crippen molar-refractivity contribution in [2.45, 2.75) is 272 Å². The number of ketones is 1. The van der Waals surface area contributed by atoms with Crippen molar-refractivity contribution >= 4 is 11.8 Å². The van der Waals surface area contributed by atoms with Crippen LogP contribution in [0, 0.1) is 40.4 Å². The number of allylic oxidation sites excluding steroid dienone is 1. The molecule has 8 fully saturated rings. The van der Waals surface area contributed by atoms with Crippen molar-refractivity contribution in [3.05, 3.63) is 11.6 Å². The molecular formula is C57H92O27. The van der Waals surface area contributed by atoms with Gasteiger partial charge in [-0.1, -0.05) is 32.4 Å². The third-order valence-electron chi connectivity index (χ3n) is 20.4. The van der Waals surface area contributed by atoms with Crippen LogP contribution in [0.15, 0.2) is 11.6 Å². The van der Waals surface area contributed by atoms with Gasteiger partial charge in [0.2, 0.25) is 0 Å². The molecule has 5 saturated heterocycles. The number of hydrogen-bond donors (Lipinski definition) is 14. The fraction of sp³-hybridized carbons (Fsp3) is 0.930. The maximum Gasteiger partial charge on any atom is 0.306 e. The molecule has 4 aliphatic carbocycles. The van der Waals surface area contributed by atoms with Crippen LogP contribution in [0.1, 0.15) is 106 Å². The third-order valence-corrected chi connectivity index (χ3v) is 20.4. The highest BCUT2D eigenvalue weighted by molar-refractivity contribution is 5.81. The highest BCUT2D eigenvalue weighted by atomic mass is 16.8. The summed E-state index contributed by atoms with van der Waals surface area (Å²) in [5.41, 5.74) is 0.418. The molecule has 0 bridgehead atoms. The van der Waals surface area contributed by atoms with E-state index in [1.807, 2.05) is 6.92 Å². The summed E-state index contributed by atoms with van der Waals surface area (Å²) in [6.45, 7) is 10.8. The molecule has 0 spiro atoms. The second kappa shape index (κ2) is 26.8. The molecule has 14 N–H and O–H groups in total. The summed E-state index contributed by atoms with van der Waals surface area (Å²) >= 11 is 0. The Bertz CT molecular complexity index is 2250. The molecule has 9 aliphatic rings. The molecule has 482 valence electrons. The average Bonchev–Trinajstić information content (AvgIpc) is 1.86. The Balaban J connectivity index is 0.851. The topological polar surface area (TPSA) is 419 Å². The minimum atomic E-state index is -1.90. The second-order valence-corrected chi connectivity index (χ2v) is 25.9. The number of carbonyl (C=O) groups is 2. The van der Waals surface area contributed by atoms with E-state index < -0.39 is 196 Å². The average molecular weight is 1210 g/mol. The van der Waals surface area contributed by atoms with E-state index in [-0.39, 0.29) is 47.9 Å². The summed E-state index contributed by atoms with van der Waals surface area (Å²) in [7, 11) is 0. The van der Waals surface area contributed by atoms with E-state index in [0.29, 0.717) is 38.5 Å². The van der Waals surface area contributed by atoms with E-state index in [2.05, 4.69) is 19.9 Å². The predicted octanol–water partition coefficient (Wildman–Crippen LogP) is -3.35. The highest BCUT2D eigenvalue weighted by Crippen LogP contribution is 2.67. The van der Waals surface area contributed by atoms with Crippen molar-refractivity contribution in [2.75, 3.05) is 19.8 Å². The molecule has 0 amide bonds. The molecule has 0 aromatic rings. The number of ether oxygens (including phenoxy) is 11. The van der Waals surface area contributed by atoms with Crippen molar-refractivity contribution < 1.29 is 133 Å². The quantitative estimate of drug-likeness (QED) is 0.0471. The molecule has 5 heterocycles. The number of esters is 1. The van der Waals surface area contributed by atoms with Gasteiger partial charge in [0.1, 0.15) is 116 Å². The molecule has 5 aliphatic heterocycles. The first-order valence-corrected chi connectivity index (χ1v) is 29.9. The van der Waals surface area contributed by atoms with Gasteiger partial charge in [0.25, 0.3) is 0 Å². The Morgan fingerprint density at radius 2 is 1.14 bits per heavy atom. The lowest BCUT2D eigenvalue weighted by Crippen LogP contribution is -2.67. The fourth-order valence-electron chi connectivity index (χ4n) is 15.4. The second-order valence-electron chi connectivity index (χ2n) is 25.9. The third kappa shape index (κ3) is 12.8. The van der Waals surface area contributed by atoms with E-state index in [0.717, 1.165) is 18.4 Å². The minimum Gasteiger partial charge on any atom is -0.462 e. The lowest BCUT2D eigenvalue weighted by Gasteiger charge is -2.58. The molecule has 9 rings (SSSR count). The Labute approximate surface area is 487 Å². The number of aliphatic hydroxyl groups is 14. The first-order chi connectivity index (χ1) is 39.6. The van der Waals surface area contributed by atoms with Gasteiger partial charge in [-0.05, 0) is 114 Å². The van der Waals surface area contributed by atoms with Gasteiger partial charge < -0.3 is 124 Å². The predicted molar refractivity (Wildman–Crippen MR) is 282 cm³/mol. The van der Waals surface area contributed by atoms with E-state index in [9.17, 15) is 81.1 Å². The molecule has 0 radical (unpaired) electrons. The SMILES string of the molecule is CC(=O)[C@H]1[C@@H](OC(=O)CC[C@@H](C)CO[C@@H]2O[C@H](CO)[C@@H](O)[C@H](O)[C@H]2O)C[C@H]2[C@@H]3CC=C4C[C@@H](O[C@@H]5O[C@H](CO)[C@@H](O[C@@H]6O[C@@H](C)[C@H](O[C@@H]7O[C@@H](C)[C@H](O)[C@@H](O)[C@H]7O)[C@@H](O)[C@H]6O)[C@H](O)[C@H]5O[C@@H]5O[C@@H](C)[C@H](O)[C@@H](O)[C@H]5O)CC[C@]4(C)[C@H]3CC[C@@]21C. The maximum absolute atomic E-state index is 13.6. The summed E-state index contributed by atoms with van der Waals surface area (Å²) in [6, 6.07) is 0. The van der Waals surface area contributed by atoms with E-state index in [4.69, 9.17) is 52.1 Å². The van der Waals surface area contributed by atoms with Crippen LogP contribution in [-0.4, -0.2) is 269 Å². The van der Waals surface area contributed by atoms with Crippen LogP contribution in [0.4, 0.5) is 0 Å². The summed E-state index contributed by atoms with van der Waals surface area (Å²) < 4.78 is 65.8. The van der Waals surface area contributed by atoms with Crippen LogP contribution in [-0.2, 0) is 61.7 Å². The summed E-state index contributed by atoms with van der Waals surface area (Å²) in [4.78, 5) is 27.2. The first kappa shape index (κ1) is 66.3. The minimum absolute atomic E-state index is 0.0315. The Morgan fingerprint density at radius 1 is 0.595 bits per heavy atom. The zero-order valence-electron chi connectivity index (χ0n) is 48.6. The summed E-state index contributed by atoms with van der Waals surface area (Å²) in [5.74, 6) is -0.803. The lowest BCUT2D eigenvalue weighted by atomic mass is 9.47. The van der Waals surface area contributed by atoms with E-state index in [1.165, 1.54) is 20.8 Å². The fourth-order valence-corrected chi connectivity index (χ4v) is 15.4. The van der Waals surface area contributed by atoms with Gasteiger partial charge >= 0.3 is 5.97 Å². The normalized spacial score (nSPS) is 51.9. The largest absolute Gasteiger partial charge is 0.462 e. The van der Waals surface area contributed by atoms with Gasteiger partial charge in [-0.15, -0.1) is 0 Å². The molecule has 0 aromatic carbocycles. The molecule has 0 aromatic heterocycles. The van der Waals surface area contributed by atoms with Crippen LogP contribution < -0.4 is 0 Å². The van der Waals surface area contributed by atoms with Gasteiger partial charge in [0.15, 0.2) is 31.5 Å². The number of fused-ring (bicyclic) bond motifs is 5. The van der Waals surface area contributed by atoms with E-state index in [1.54, 1.807) is 6.92 Å². The van der Waals surface area contributed by atoms with E-state index >= 15 is 0 Å². The zero-order valence-corrected chi connectivity index (χ0v) is 48.6. The Morgan fingerprint density at radius 3 is 1.75 bits per heavy atom. The monoisotopic (exact) mass is 1210 g/mol. The number of carbonyl (C=O) groups excluding carboxylic acids is 2. The van der Waals surface area contributed by atoms with Crippen molar-refractivity contribution in [1.29, 1.82) is 0 Å². The van der Waals surface area contributed by atoms with Crippen molar-refractivity contribution in [2.24, 2.45) is 40.4 Å². The number of rotatable bonds is 18. The van der Waals surface area contributed by atoms with Crippen molar-refractivity contribution in [3.63, 3.8) is 0 Å². The smallest absolute Gasteiger partial charge is 0.306 e. The molecular weight excluding hydrogens is 1120 g/mol. The number of hydrogen-bond acceptors (Lipinski definition) is 27. The van der Waals surface area contributed by atoms with Crippen LogP contribution >= 0.6 is 0 Å². The van der Waals surface area contributed by atoms with Crippen molar-refractivity contribution in [1.82, 2.24) is 0 Å². The van der Waals surface area contributed by atoms with Gasteiger partial charge in [-0.25, -0.2) is 0 Å². The molecule has 84 heavy (non-hydrogen) atoms. The number of Topliss-reactive ketones (excluding diaryl/α,β-unsaturated/α-hetero) is 1. The molecule has 27 heteroatoms. The standard InChI is InChI=1S/C57H92O27/c1-21(20-74-51-43(69)41(67)38(64)32(18-58)80-51)8-11-34(61)79-31-17-30-28-10-9-26-16-27(12-14-56(26,6)29(28)13-15-57(30,7)35(31)22(2)60)78-55-50(84-53-45(71)40(66)37(63)24(4)76-53)47(73)49(33(19-59)81-55)83-54-46(72)42(68)48(25(5)77-54)82-52-44(70)39(65)36(62)23(3)75-52/h9,21,23-25,27-33,35-55,58-59,62-73H,8,10-20H2,1-7H3/t21-,23+,24+,25+,27+,28-,29+,30+,31+,32-,33-,35+,36+,37+,38-,39-,40-,41+,42+,43-,44-,45-,46-,47+,48+,49-,50-,51-,52+,53+,54+,55-,56+,57+/m1/s1. The summed E-state index contributed by atoms with van der Waals surface area (Å²) in [6.07, 6.45) is -32.2. The highest BCUT2D eigenvalue weighted by Gasteiger charge is 2.64. The van der Waals surface area contributed by atoms with Crippen LogP contribution in [0.25, 0.3) is 0 Å². The van der Waals surface area contributed by atoms with Gasteiger partial charge in [0.05, 0.1) is 50.2 Å². The molecule has 34 atom stereocenters. The molecule has 3 saturated carbocycles. The van der Waals surface area contributed by atoms with Gasteiger partial charge in [0, 0.05) is 6.42 Å². The Kier molecular flexibility index (Phi) is 21.2. The maximum atomic E-state index is 13.6. The molecule has 27 nitrogen and oxygen atoms in total. The van der Waals surface area contributed by atoms with Crippen LogP contribution in [0.5, 0.6) is 0 Å². The summed E-state index contributed by atoms with van der Waals surface area (Å²) in [5, 5.41) is 149. The molecule has 0 unspecified atom stereocenters. The van der Waals surface area contributed by atoms with Gasteiger partial charge in [-0.3, -0.25) is 9.59 Å². The Hall–Kier alpha value is -2.08. The lowest BCUT2D eigenvalue weighted by molar-refractivity contribution is -0.394. The zero-order chi connectivity index (χ0) is 61.2. The van der Waals surface area contributed by atoms with Crippen molar-refractivity contribution in [3.8, 4) is 0 Å². The van der Waals surface area contributed by atoms with Crippen LogP contribution in [0.2, 0.25) is 0 Å². The first-order valence-electron chi connectivity index (χ1n) is 29.9. The number of aliphatic hydroxyl groups excluding tert-OH is 14.